The van der Waals surface area contributed by atoms with Gasteiger partial charge in [-0.1, -0.05) is 6.07 Å². The van der Waals surface area contributed by atoms with Crippen LogP contribution in [0.2, 0.25) is 0 Å². The number of methoxy groups -OCH3 is 1. The number of nitrogens with zero attached hydrogens (tertiary/aromatic N) is 4. The zero-order valence-electron chi connectivity index (χ0n) is 17.9. The molecule has 0 saturated heterocycles. The lowest BCUT2D eigenvalue weighted by molar-refractivity contribution is -0.275. The van der Waals surface area contributed by atoms with E-state index in [-0.39, 0.29) is 34.6 Å². The van der Waals surface area contributed by atoms with Gasteiger partial charge in [0.15, 0.2) is 23.0 Å². The maximum absolute atomic E-state index is 14.2. The molecule has 0 fully saturated rings. The Morgan fingerprint density at radius 1 is 1.14 bits per heavy atom. The number of ether oxygens (including phenoxy) is 2. The van der Waals surface area contributed by atoms with E-state index in [1.165, 1.54) is 48.4 Å². The van der Waals surface area contributed by atoms with Gasteiger partial charge in [-0.3, -0.25) is 9.78 Å². The molecule has 0 unspecified atom stereocenters. The van der Waals surface area contributed by atoms with E-state index >= 15 is 0 Å². The van der Waals surface area contributed by atoms with Gasteiger partial charge in [-0.2, -0.15) is 5.10 Å². The second-order valence-corrected chi connectivity index (χ2v) is 7.21. The first kappa shape index (κ1) is 24.0. The van der Waals surface area contributed by atoms with E-state index < -0.39 is 35.7 Å². The number of alkyl halides is 3. The van der Waals surface area contributed by atoms with Crippen LogP contribution < -0.4 is 10.1 Å². The standard InChI is InChI=1S/C22H16F5N5O3/c1-34-11-18(12-2-3-19(15(23)8-12)35-22(25,26)27)31-21(33)14-9-29-32-7-5-17(30-20(14)32)13-4-6-28-10-16(13)24/h2-10,18H,11H2,1H3,(H,31,33)/t18-/m1/s1. The number of benzene rings is 1. The number of nitrogens with one attached hydrogen (secondary N) is 1. The summed E-state index contributed by atoms with van der Waals surface area (Å²) in [6, 6.07) is 4.80. The Labute approximate surface area is 194 Å². The fourth-order valence-corrected chi connectivity index (χ4v) is 3.33. The Balaban J connectivity index is 1.62. The number of aromatic nitrogens is 4. The Morgan fingerprint density at radius 3 is 2.63 bits per heavy atom. The van der Waals surface area contributed by atoms with Crippen LogP contribution in [0.4, 0.5) is 22.0 Å². The van der Waals surface area contributed by atoms with Crippen LogP contribution in [0.5, 0.6) is 5.75 Å². The largest absolute Gasteiger partial charge is 0.573 e. The number of fused-ring (bicyclic) bond motifs is 1. The molecule has 1 N–H and O–H groups in total. The van der Waals surface area contributed by atoms with Crippen LogP contribution in [0, 0.1) is 11.6 Å². The number of pyridine rings is 1. The number of hydrogen-bond donors (Lipinski definition) is 1. The molecule has 1 aromatic carbocycles. The van der Waals surface area contributed by atoms with Crippen molar-refractivity contribution in [3.63, 3.8) is 0 Å². The summed E-state index contributed by atoms with van der Waals surface area (Å²) >= 11 is 0. The maximum atomic E-state index is 14.2. The Hall–Kier alpha value is -4.13. The molecule has 0 aliphatic carbocycles. The highest BCUT2D eigenvalue weighted by atomic mass is 19.4. The molecule has 0 spiro atoms. The summed E-state index contributed by atoms with van der Waals surface area (Å²) in [5, 5.41) is 6.68. The van der Waals surface area contributed by atoms with E-state index in [0.717, 1.165) is 18.3 Å². The molecule has 0 saturated carbocycles. The topological polar surface area (TPSA) is 90.6 Å². The molecular weight excluding hydrogens is 477 g/mol. The molecule has 0 aliphatic rings. The monoisotopic (exact) mass is 493 g/mol. The first-order chi connectivity index (χ1) is 16.7. The smallest absolute Gasteiger partial charge is 0.403 e. The molecule has 13 heteroatoms. The van der Waals surface area contributed by atoms with E-state index in [4.69, 9.17) is 4.74 Å². The van der Waals surface area contributed by atoms with Crippen molar-refractivity contribution in [2.24, 2.45) is 0 Å². The first-order valence-corrected chi connectivity index (χ1v) is 9.95. The molecule has 0 radical (unpaired) electrons. The van der Waals surface area contributed by atoms with Gasteiger partial charge in [0.25, 0.3) is 5.91 Å². The summed E-state index contributed by atoms with van der Waals surface area (Å²) in [7, 11) is 1.34. The highest BCUT2D eigenvalue weighted by molar-refractivity contribution is 6.00. The van der Waals surface area contributed by atoms with E-state index in [0.29, 0.717) is 0 Å². The SMILES string of the molecule is COC[C@@H](NC(=O)c1cnn2ccc(-c3ccncc3F)nc12)c1ccc(OC(F)(F)F)c(F)c1. The highest BCUT2D eigenvalue weighted by Gasteiger charge is 2.32. The van der Waals surface area contributed by atoms with E-state index in [2.05, 4.69) is 25.1 Å². The Kier molecular flexibility index (Phi) is 6.60. The van der Waals surface area contributed by atoms with Crippen LogP contribution in [0.15, 0.2) is 55.1 Å². The quantitative estimate of drug-likeness (QED) is 0.390. The van der Waals surface area contributed by atoms with Crippen LogP contribution >= 0.6 is 0 Å². The lowest BCUT2D eigenvalue weighted by Gasteiger charge is -2.19. The zero-order valence-corrected chi connectivity index (χ0v) is 17.9. The lowest BCUT2D eigenvalue weighted by Crippen LogP contribution is -2.31. The number of carbonyl (C=O) groups excluding carboxylic acids is 1. The van der Waals surface area contributed by atoms with Crippen molar-refractivity contribution in [3.05, 3.63) is 77.9 Å². The van der Waals surface area contributed by atoms with Crippen LogP contribution in [0.1, 0.15) is 22.0 Å². The molecule has 8 nitrogen and oxygen atoms in total. The molecule has 182 valence electrons. The van der Waals surface area contributed by atoms with Gasteiger partial charge in [-0.05, 0) is 29.8 Å². The fraction of sp³-hybridized carbons (Fsp3) is 0.182. The van der Waals surface area contributed by atoms with Crippen LogP contribution in [0.25, 0.3) is 16.9 Å². The maximum Gasteiger partial charge on any atom is 0.573 e. The lowest BCUT2D eigenvalue weighted by atomic mass is 10.1. The van der Waals surface area contributed by atoms with Gasteiger partial charge in [-0.15, -0.1) is 13.2 Å². The summed E-state index contributed by atoms with van der Waals surface area (Å²) in [5.41, 5.74) is 0.690. The van der Waals surface area contributed by atoms with E-state index in [1.807, 2.05) is 0 Å². The number of halogens is 5. The minimum atomic E-state index is -5.06. The third kappa shape index (κ3) is 5.35. The summed E-state index contributed by atoms with van der Waals surface area (Å²) in [6.07, 6.45) is 0.111. The third-order valence-electron chi connectivity index (χ3n) is 4.88. The predicted octanol–water partition coefficient (Wildman–Crippen LogP) is 4.09. The number of rotatable bonds is 7. The first-order valence-electron chi connectivity index (χ1n) is 9.95. The van der Waals surface area contributed by atoms with Gasteiger partial charge in [0, 0.05) is 25.1 Å². The van der Waals surface area contributed by atoms with Crippen molar-refractivity contribution in [2.45, 2.75) is 12.4 Å². The minimum Gasteiger partial charge on any atom is -0.403 e. The van der Waals surface area contributed by atoms with Gasteiger partial charge in [0.1, 0.15) is 5.56 Å². The molecule has 3 heterocycles. The van der Waals surface area contributed by atoms with Crippen LogP contribution in [0.3, 0.4) is 0 Å². The van der Waals surface area contributed by atoms with Gasteiger partial charge >= 0.3 is 6.36 Å². The molecule has 0 aliphatic heterocycles. The molecule has 3 aromatic heterocycles. The van der Waals surface area contributed by atoms with Crippen molar-refractivity contribution in [1.29, 1.82) is 0 Å². The van der Waals surface area contributed by atoms with Crippen molar-refractivity contribution >= 4 is 11.6 Å². The predicted molar refractivity (Wildman–Crippen MR) is 111 cm³/mol. The van der Waals surface area contributed by atoms with Crippen molar-refractivity contribution in [1.82, 2.24) is 24.9 Å². The number of hydrogen-bond acceptors (Lipinski definition) is 6. The fourth-order valence-electron chi connectivity index (χ4n) is 3.33. The third-order valence-corrected chi connectivity index (χ3v) is 4.88. The summed E-state index contributed by atoms with van der Waals surface area (Å²) < 4.78 is 75.6. The Morgan fingerprint density at radius 2 is 1.94 bits per heavy atom. The van der Waals surface area contributed by atoms with Crippen molar-refractivity contribution < 1.29 is 36.2 Å². The molecular formula is C22H16F5N5O3. The summed E-state index contributed by atoms with van der Waals surface area (Å²) in [4.78, 5) is 21.0. The van der Waals surface area contributed by atoms with Gasteiger partial charge in [0.05, 0.1) is 30.7 Å². The van der Waals surface area contributed by atoms with Crippen molar-refractivity contribution in [2.75, 3.05) is 13.7 Å². The molecule has 4 aromatic rings. The average Bonchev–Trinajstić information content (AvgIpc) is 3.23. The zero-order chi connectivity index (χ0) is 25.2. The van der Waals surface area contributed by atoms with Gasteiger partial charge < -0.3 is 14.8 Å². The van der Waals surface area contributed by atoms with Crippen LogP contribution in [-0.4, -0.2) is 45.6 Å². The second-order valence-electron chi connectivity index (χ2n) is 7.21. The van der Waals surface area contributed by atoms with Crippen molar-refractivity contribution in [3.8, 4) is 17.0 Å². The number of amides is 1. The molecule has 4 rings (SSSR count). The van der Waals surface area contributed by atoms with E-state index in [1.54, 1.807) is 0 Å². The van der Waals surface area contributed by atoms with Gasteiger partial charge in [0.2, 0.25) is 0 Å². The normalized spacial score (nSPS) is 12.5. The highest BCUT2D eigenvalue weighted by Crippen LogP contribution is 2.28. The molecule has 35 heavy (non-hydrogen) atoms. The molecule has 1 atom stereocenters. The molecule has 0 bridgehead atoms. The van der Waals surface area contributed by atoms with E-state index in [9.17, 15) is 26.7 Å². The van der Waals surface area contributed by atoms with Gasteiger partial charge in [-0.25, -0.2) is 18.3 Å². The second kappa shape index (κ2) is 9.62. The number of carbonyl (C=O) groups is 1. The summed E-state index contributed by atoms with van der Waals surface area (Å²) in [5.74, 6) is -3.55. The summed E-state index contributed by atoms with van der Waals surface area (Å²) in [6.45, 7) is -0.120. The average molecular weight is 493 g/mol. The molecule has 1 amide bonds. The minimum absolute atomic E-state index is 0.0277. The Bertz CT molecular complexity index is 1380. The van der Waals surface area contributed by atoms with Crippen LogP contribution in [-0.2, 0) is 4.74 Å².